The number of ketones is 1. The molecule has 1 aliphatic rings. The summed E-state index contributed by atoms with van der Waals surface area (Å²) >= 11 is 3.23. The van der Waals surface area contributed by atoms with Gasteiger partial charge in [-0.2, -0.15) is 0 Å². The van der Waals surface area contributed by atoms with E-state index in [0.717, 1.165) is 19.3 Å². The van der Waals surface area contributed by atoms with Gasteiger partial charge in [-0.1, -0.05) is 24.3 Å². The minimum absolute atomic E-state index is 0.0902. The van der Waals surface area contributed by atoms with Gasteiger partial charge in [0.15, 0.2) is 16.2 Å². The summed E-state index contributed by atoms with van der Waals surface area (Å²) in [7, 11) is 0. The lowest BCUT2D eigenvalue weighted by Crippen LogP contribution is -2.13. The fourth-order valence-corrected chi connectivity index (χ4v) is 3.16. The molecule has 0 spiro atoms. The van der Waals surface area contributed by atoms with E-state index < -0.39 is 0 Å². The van der Waals surface area contributed by atoms with Crippen LogP contribution in [0.25, 0.3) is 0 Å². The molecular weight excluding hydrogens is 304 g/mol. The van der Waals surface area contributed by atoms with Crippen LogP contribution in [0.1, 0.15) is 46.9 Å². The van der Waals surface area contributed by atoms with Crippen LogP contribution in [0.2, 0.25) is 0 Å². The highest BCUT2D eigenvalue weighted by Gasteiger charge is 2.23. The topological polar surface area (TPSA) is 30.2 Å². The van der Waals surface area contributed by atoms with Crippen LogP contribution in [0.3, 0.4) is 0 Å². The maximum atomic E-state index is 12.2. The standard InChI is InChI=1S/C16H15BrO2/c17-16-9-8-15(19-16)14(18)10-12-6-3-5-11-4-1-2-7-13(11)12/h1-2,4,7-9,12H,3,5-6,10H2. The van der Waals surface area contributed by atoms with Gasteiger partial charge in [-0.15, -0.1) is 0 Å². The third-order valence-electron chi connectivity index (χ3n) is 3.77. The summed E-state index contributed by atoms with van der Waals surface area (Å²) in [4.78, 5) is 12.2. The number of halogens is 1. The first-order chi connectivity index (χ1) is 9.24. The zero-order chi connectivity index (χ0) is 13.2. The summed E-state index contributed by atoms with van der Waals surface area (Å²) in [6, 6.07) is 12.0. The molecule has 0 N–H and O–H groups in total. The van der Waals surface area contributed by atoms with Crippen LogP contribution in [-0.2, 0) is 6.42 Å². The number of carbonyl (C=O) groups is 1. The molecule has 0 radical (unpaired) electrons. The number of benzene rings is 1. The molecule has 0 fully saturated rings. The Bertz CT molecular complexity index is 600. The summed E-state index contributed by atoms with van der Waals surface area (Å²) in [6.07, 6.45) is 3.92. The van der Waals surface area contributed by atoms with Gasteiger partial charge in [0.25, 0.3) is 0 Å². The second-order valence-corrected chi connectivity index (χ2v) is 5.80. The van der Waals surface area contributed by atoms with Crippen molar-refractivity contribution in [1.82, 2.24) is 0 Å². The third kappa shape index (κ3) is 2.66. The van der Waals surface area contributed by atoms with E-state index in [0.29, 0.717) is 22.8 Å². The van der Waals surface area contributed by atoms with Crippen molar-refractivity contribution in [3.63, 3.8) is 0 Å². The number of furan rings is 1. The van der Waals surface area contributed by atoms with Crippen molar-refractivity contribution in [2.75, 3.05) is 0 Å². The smallest absolute Gasteiger partial charge is 0.198 e. The third-order valence-corrected chi connectivity index (χ3v) is 4.20. The van der Waals surface area contributed by atoms with Crippen molar-refractivity contribution in [1.29, 1.82) is 0 Å². The van der Waals surface area contributed by atoms with E-state index in [4.69, 9.17) is 4.42 Å². The largest absolute Gasteiger partial charge is 0.446 e. The second-order valence-electron chi connectivity index (χ2n) is 5.02. The Labute approximate surface area is 120 Å². The lowest BCUT2D eigenvalue weighted by molar-refractivity contribution is 0.0942. The summed E-state index contributed by atoms with van der Waals surface area (Å²) in [5, 5.41) is 0. The van der Waals surface area contributed by atoms with Gasteiger partial charge in [-0.25, -0.2) is 0 Å². The fourth-order valence-electron chi connectivity index (χ4n) is 2.86. The first-order valence-corrected chi connectivity index (χ1v) is 7.39. The van der Waals surface area contributed by atoms with Gasteiger partial charge < -0.3 is 4.42 Å². The molecule has 0 saturated heterocycles. The molecule has 98 valence electrons. The van der Waals surface area contributed by atoms with E-state index in [-0.39, 0.29) is 5.78 Å². The van der Waals surface area contributed by atoms with Crippen LogP contribution in [0.15, 0.2) is 45.5 Å². The van der Waals surface area contributed by atoms with Gasteiger partial charge in [0.2, 0.25) is 0 Å². The van der Waals surface area contributed by atoms with Crippen molar-refractivity contribution in [3.05, 3.63) is 58.0 Å². The predicted molar refractivity (Wildman–Crippen MR) is 77.5 cm³/mol. The normalized spacial score (nSPS) is 18.1. The van der Waals surface area contributed by atoms with Gasteiger partial charge in [0, 0.05) is 6.42 Å². The molecule has 1 aromatic carbocycles. The monoisotopic (exact) mass is 318 g/mol. The molecule has 1 aromatic heterocycles. The van der Waals surface area contributed by atoms with Gasteiger partial charge >= 0.3 is 0 Å². The van der Waals surface area contributed by atoms with Crippen LogP contribution < -0.4 is 0 Å². The van der Waals surface area contributed by atoms with E-state index in [1.165, 1.54) is 11.1 Å². The Hall–Kier alpha value is -1.35. The maximum Gasteiger partial charge on any atom is 0.198 e. The van der Waals surface area contributed by atoms with Crippen LogP contribution in [-0.4, -0.2) is 5.78 Å². The molecule has 0 aliphatic heterocycles. The van der Waals surface area contributed by atoms with Crippen LogP contribution in [0, 0.1) is 0 Å². The molecule has 2 nitrogen and oxygen atoms in total. The Morgan fingerprint density at radius 2 is 2.11 bits per heavy atom. The molecule has 0 saturated carbocycles. The average molecular weight is 319 g/mol. The van der Waals surface area contributed by atoms with Gasteiger partial charge in [-0.05, 0) is 64.4 Å². The molecule has 3 heteroatoms. The number of rotatable bonds is 3. The molecule has 1 heterocycles. The Morgan fingerprint density at radius 1 is 1.26 bits per heavy atom. The molecule has 2 aromatic rings. The van der Waals surface area contributed by atoms with Crippen LogP contribution in [0.5, 0.6) is 0 Å². The van der Waals surface area contributed by atoms with E-state index in [1.54, 1.807) is 12.1 Å². The van der Waals surface area contributed by atoms with Crippen molar-refractivity contribution in [2.24, 2.45) is 0 Å². The molecule has 0 bridgehead atoms. The zero-order valence-electron chi connectivity index (χ0n) is 10.6. The van der Waals surface area contributed by atoms with Crippen molar-refractivity contribution >= 4 is 21.7 Å². The van der Waals surface area contributed by atoms with E-state index in [1.807, 2.05) is 0 Å². The highest BCUT2D eigenvalue weighted by molar-refractivity contribution is 9.10. The van der Waals surface area contributed by atoms with Gasteiger partial charge in [0.1, 0.15) is 0 Å². The minimum atomic E-state index is 0.0902. The lowest BCUT2D eigenvalue weighted by atomic mass is 9.80. The highest BCUT2D eigenvalue weighted by atomic mass is 79.9. The van der Waals surface area contributed by atoms with E-state index >= 15 is 0 Å². The molecule has 1 aliphatic carbocycles. The van der Waals surface area contributed by atoms with E-state index in [9.17, 15) is 4.79 Å². The van der Waals surface area contributed by atoms with E-state index in [2.05, 4.69) is 40.2 Å². The Morgan fingerprint density at radius 3 is 2.89 bits per heavy atom. The highest BCUT2D eigenvalue weighted by Crippen LogP contribution is 2.34. The SMILES string of the molecule is O=C(CC1CCCc2ccccc21)c1ccc(Br)o1. The summed E-state index contributed by atoms with van der Waals surface area (Å²) in [6.45, 7) is 0. The number of fused-ring (bicyclic) bond motifs is 1. The number of hydrogen-bond acceptors (Lipinski definition) is 2. The Balaban J connectivity index is 1.79. The molecule has 3 rings (SSSR count). The molecule has 0 amide bonds. The maximum absolute atomic E-state index is 12.2. The quantitative estimate of drug-likeness (QED) is 0.765. The van der Waals surface area contributed by atoms with Crippen LogP contribution >= 0.6 is 15.9 Å². The number of hydrogen-bond donors (Lipinski definition) is 0. The second kappa shape index (κ2) is 5.33. The van der Waals surface area contributed by atoms with Gasteiger partial charge in [0.05, 0.1) is 0 Å². The zero-order valence-corrected chi connectivity index (χ0v) is 12.2. The van der Waals surface area contributed by atoms with Crippen molar-refractivity contribution < 1.29 is 9.21 Å². The first-order valence-electron chi connectivity index (χ1n) is 6.60. The van der Waals surface area contributed by atoms with Crippen LogP contribution in [0.4, 0.5) is 0 Å². The molecule has 1 unspecified atom stereocenters. The summed E-state index contributed by atoms with van der Waals surface area (Å²) < 4.78 is 5.95. The number of Topliss-reactive ketones (excluding diaryl/α,β-unsaturated/α-hetero) is 1. The molecular formula is C16H15BrO2. The molecule has 1 atom stereocenters. The first kappa shape index (κ1) is 12.7. The predicted octanol–water partition coefficient (Wildman–Crippen LogP) is 4.74. The molecule has 19 heavy (non-hydrogen) atoms. The van der Waals surface area contributed by atoms with Crippen molar-refractivity contribution in [3.8, 4) is 0 Å². The number of aryl methyl sites for hydroxylation is 1. The lowest BCUT2D eigenvalue weighted by Gasteiger charge is -2.24. The van der Waals surface area contributed by atoms with Crippen molar-refractivity contribution in [2.45, 2.75) is 31.6 Å². The number of carbonyl (C=O) groups excluding carboxylic acids is 1. The summed E-state index contributed by atoms with van der Waals surface area (Å²) in [5.41, 5.74) is 2.74. The fraction of sp³-hybridized carbons (Fsp3) is 0.312. The average Bonchev–Trinajstić information content (AvgIpc) is 2.86. The van der Waals surface area contributed by atoms with Gasteiger partial charge in [-0.3, -0.25) is 4.79 Å². The minimum Gasteiger partial charge on any atom is -0.446 e. The summed E-state index contributed by atoms with van der Waals surface area (Å²) in [5.74, 6) is 0.878. The Kier molecular flexibility index (Phi) is 3.56.